The number of hydrogen-bond donors (Lipinski definition) is 1. The molecule has 2 nitrogen and oxygen atoms in total. The zero-order valence-corrected chi connectivity index (χ0v) is 12.5. The van der Waals surface area contributed by atoms with Crippen molar-refractivity contribution in [1.82, 2.24) is 5.32 Å². The van der Waals surface area contributed by atoms with Gasteiger partial charge in [-0.25, -0.2) is 0 Å². The van der Waals surface area contributed by atoms with Gasteiger partial charge in [-0.15, -0.1) is 0 Å². The second kappa shape index (κ2) is 4.93. The van der Waals surface area contributed by atoms with Crippen LogP contribution in [0.1, 0.15) is 60.0 Å². The molecule has 0 amide bonds. The number of rotatable bonds is 2. The summed E-state index contributed by atoms with van der Waals surface area (Å²) in [4.78, 5) is 0. The summed E-state index contributed by atoms with van der Waals surface area (Å²) in [6.07, 6.45) is 1.13. The first kappa shape index (κ1) is 13.4. The molecule has 2 unspecified atom stereocenters. The van der Waals surface area contributed by atoms with Crippen molar-refractivity contribution in [3.05, 3.63) is 27.8 Å². The largest absolute Gasteiger partial charge is 0.496 e. The van der Waals surface area contributed by atoms with E-state index in [9.17, 15) is 0 Å². The van der Waals surface area contributed by atoms with Crippen LogP contribution in [0.15, 0.2) is 0 Å². The zero-order chi connectivity index (χ0) is 13.4. The normalized spacial score (nSPS) is 22.8. The third kappa shape index (κ3) is 1.83. The molecule has 1 aliphatic heterocycles. The fourth-order valence-corrected chi connectivity index (χ4v) is 3.25. The topological polar surface area (TPSA) is 21.3 Å². The SMILES string of the molecule is CCC1NCC(C)c2c(OC)c(C)c(C)c(C)c21. The molecule has 1 aliphatic rings. The maximum atomic E-state index is 5.71. The molecule has 1 aromatic rings. The monoisotopic (exact) mass is 247 g/mol. The summed E-state index contributed by atoms with van der Waals surface area (Å²) < 4.78 is 5.71. The molecule has 2 rings (SSSR count). The summed E-state index contributed by atoms with van der Waals surface area (Å²) in [6, 6.07) is 0.476. The molecule has 0 bridgehead atoms. The number of hydrogen-bond acceptors (Lipinski definition) is 2. The molecule has 0 aromatic heterocycles. The van der Waals surface area contributed by atoms with Crippen molar-refractivity contribution in [3.63, 3.8) is 0 Å². The highest BCUT2D eigenvalue weighted by Crippen LogP contribution is 2.43. The summed E-state index contributed by atoms with van der Waals surface area (Å²) in [5.74, 6) is 1.64. The van der Waals surface area contributed by atoms with E-state index in [4.69, 9.17) is 4.74 Å². The number of ether oxygens (including phenoxy) is 1. The molecule has 1 heterocycles. The Labute approximate surface area is 111 Å². The summed E-state index contributed by atoms with van der Waals surface area (Å²) >= 11 is 0. The molecule has 0 spiro atoms. The van der Waals surface area contributed by atoms with Gasteiger partial charge in [0.15, 0.2) is 0 Å². The molecule has 2 atom stereocenters. The fourth-order valence-electron chi connectivity index (χ4n) is 3.25. The van der Waals surface area contributed by atoms with Crippen LogP contribution in [0.4, 0.5) is 0 Å². The minimum atomic E-state index is 0.476. The van der Waals surface area contributed by atoms with Crippen LogP contribution in [0, 0.1) is 20.8 Å². The van der Waals surface area contributed by atoms with Gasteiger partial charge in [0.2, 0.25) is 0 Å². The molecule has 0 radical (unpaired) electrons. The van der Waals surface area contributed by atoms with Crippen molar-refractivity contribution in [1.29, 1.82) is 0 Å². The van der Waals surface area contributed by atoms with E-state index in [0.717, 1.165) is 18.7 Å². The minimum absolute atomic E-state index is 0.476. The van der Waals surface area contributed by atoms with Gasteiger partial charge in [-0.1, -0.05) is 13.8 Å². The van der Waals surface area contributed by atoms with Crippen molar-refractivity contribution in [2.75, 3.05) is 13.7 Å². The van der Waals surface area contributed by atoms with Crippen molar-refractivity contribution in [3.8, 4) is 5.75 Å². The number of methoxy groups -OCH3 is 1. The third-order valence-corrected chi connectivity index (χ3v) is 4.53. The fraction of sp³-hybridized carbons (Fsp3) is 0.625. The molecular formula is C16H25NO. The van der Waals surface area contributed by atoms with Gasteiger partial charge in [-0.05, 0) is 55.4 Å². The summed E-state index contributed by atoms with van der Waals surface area (Å²) in [7, 11) is 1.80. The molecule has 2 heteroatoms. The average Bonchev–Trinajstić information content (AvgIpc) is 2.37. The van der Waals surface area contributed by atoms with Gasteiger partial charge in [-0.3, -0.25) is 0 Å². The first-order valence-electron chi connectivity index (χ1n) is 6.93. The zero-order valence-electron chi connectivity index (χ0n) is 12.5. The Balaban J connectivity index is 2.77. The van der Waals surface area contributed by atoms with Gasteiger partial charge in [0.05, 0.1) is 7.11 Å². The van der Waals surface area contributed by atoms with E-state index >= 15 is 0 Å². The predicted molar refractivity (Wildman–Crippen MR) is 76.7 cm³/mol. The molecule has 18 heavy (non-hydrogen) atoms. The maximum Gasteiger partial charge on any atom is 0.125 e. The van der Waals surface area contributed by atoms with Crippen molar-refractivity contribution >= 4 is 0 Å². The van der Waals surface area contributed by atoms with Crippen molar-refractivity contribution in [2.24, 2.45) is 0 Å². The van der Waals surface area contributed by atoms with Gasteiger partial charge in [0.25, 0.3) is 0 Å². The number of fused-ring (bicyclic) bond motifs is 1. The van der Waals surface area contributed by atoms with E-state index in [1.165, 1.54) is 27.8 Å². The van der Waals surface area contributed by atoms with Gasteiger partial charge >= 0.3 is 0 Å². The van der Waals surface area contributed by atoms with Gasteiger partial charge in [0, 0.05) is 18.2 Å². The summed E-state index contributed by atoms with van der Waals surface area (Å²) in [5.41, 5.74) is 7.03. The quantitative estimate of drug-likeness (QED) is 0.858. The van der Waals surface area contributed by atoms with Crippen LogP contribution in [0.2, 0.25) is 0 Å². The van der Waals surface area contributed by atoms with E-state index in [2.05, 4.69) is 39.9 Å². The van der Waals surface area contributed by atoms with Crippen molar-refractivity contribution in [2.45, 2.75) is 53.0 Å². The number of nitrogens with one attached hydrogen (secondary N) is 1. The van der Waals surface area contributed by atoms with Crippen LogP contribution in [0.25, 0.3) is 0 Å². The molecule has 0 fully saturated rings. The minimum Gasteiger partial charge on any atom is -0.496 e. The summed E-state index contributed by atoms with van der Waals surface area (Å²) in [6.45, 7) is 12.2. The van der Waals surface area contributed by atoms with Crippen LogP contribution >= 0.6 is 0 Å². The Kier molecular flexibility index (Phi) is 3.67. The van der Waals surface area contributed by atoms with Crippen LogP contribution < -0.4 is 10.1 Å². The molecule has 1 N–H and O–H groups in total. The molecule has 0 aliphatic carbocycles. The standard InChI is InChI=1S/C16H25NO/c1-7-13-15-11(4)10(3)12(5)16(18-6)14(15)9(2)8-17-13/h9,13,17H,7-8H2,1-6H3. The molecule has 0 saturated carbocycles. The second-order valence-corrected chi connectivity index (χ2v) is 5.51. The summed E-state index contributed by atoms with van der Waals surface area (Å²) in [5, 5.41) is 3.66. The number of benzene rings is 1. The highest BCUT2D eigenvalue weighted by molar-refractivity contribution is 5.57. The van der Waals surface area contributed by atoms with E-state index in [-0.39, 0.29) is 0 Å². The van der Waals surface area contributed by atoms with Crippen molar-refractivity contribution < 1.29 is 4.74 Å². The van der Waals surface area contributed by atoms with E-state index in [1.807, 2.05) is 0 Å². The average molecular weight is 247 g/mol. The predicted octanol–water partition coefficient (Wildman–Crippen LogP) is 3.78. The second-order valence-electron chi connectivity index (χ2n) is 5.51. The highest BCUT2D eigenvalue weighted by atomic mass is 16.5. The van der Waals surface area contributed by atoms with Gasteiger partial charge in [-0.2, -0.15) is 0 Å². The van der Waals surface area contributed by atoms with Crippen LogP contribution in [-0.4, -0.2) is 13.7 Å². The maximum absolute atomic E-state index is 5.71. The molecule has 0 saturated heterocycles. The molecule has 1 aromatic carbocycles. The molecular weight excluding hydrogens is 222 g/mol. The van der Waals surface area contributed by atoms with Crippen LogP contribution in [-0.2, 0) is 0 Å². The van der Waals surface area contributed by atoms with Gasteiger partial charge < -0.3 is 10.1 Å². The Bertz CT molecular complexity index is 465. The molecule has 100 valence electrons. The highest BCUT2D eigenvalue weighted by Gasteiger charge is 2.30. The van der Waals surface area contributed by atoms with E-state index < -0.39 is 0 Å². The van der Waals surface area contributed by atoms with E-state index in [0.29, 0.717) is 12.0 Å². The van der Waals surface area contributed by atoms with E-state index in [1.54, 1.807) is 7.11 Å². The lowest BCUT2D eigenvalue weighted by Gasteiger charge is -2.35. The first-order chi connectivity index (χ1) is 8.52. The Morgan fingerprint density at radius 2 is 1.78 bits per heavy atom. The lowest BCUT2D eigenvalue weighted by atomic mass is 9.80. The first-order valence-corrected chi connectivity index (χ1v) is 6.93. The smallest absolute Gasteiger partial charge is 0.125 e. The Morgan fingerprint density at radius 1 is 1.11 bits per heavy atom. The lowest BCUT2D eigenvalue weighted by molar-refractivity contribution is 0.384. The Hall–Kier alpha value is -1.02. The third-order valence-electron chi connectivity index (χ3n) is 4.53. The van der Waals surface area contributed by atoms with Crippen LogP contribution in [0.5, 0.6) is 5.75 Å². The Morgan fingerprint density at radius 3 is 2.33 bits per heavy atom. The van der Waals surface area contributed by atoms with Crippen LogP contribution in [0.3, 0.4) is 0 Å². The van der Waals surface area contributed by atoms with Gasteiger partial charge in [0.1, 0.15) is 5.75 Å². The lowest BCUT2D eigenvalue weighted by Crippen LogP contribution is -2.33.